The van der Waals surface area contributed by atoms with E-state index in [1.807, 2.05) is 12.1 Å². The average Bonchev–Trinajstić information content (AvgIpc) is 2.36. The predicted octanol–water partition coefficient (Wildman–Crippen LogP) is 2.68. The Morgan fingerprint density at radius 3 is 2.32 bits per heavy atom. The molecule has 0 radical (unpaired) electrons. The molecule has 0 fully saturated rings. The minimum Gasteiger partial charge on any atom is -0.423 e. The highest BCUT2D eigenvalue weighted by Gasteiger charge is 2.09. The van der Waals surface area contributed by atoms with Crippen LogP contribution in [0.25, 0.3) is 0 Å². The summed E-state index contributed by atoms with van der Waals surface area (Å²) in [6, 6.07) is 7.54. The van der Waals surface area contributed by atoms with Crippen molar-refractivity contribution in [1.82, 2.24) is 0 Å². The molecule has 0 bridgehead atoms. The second-order valence-corrected chi connectivity index (χ2v) is 5.62. The Morgan fingerprint density at radius 1 is 1.16 bits per heavy atom. The van der Waals surface area contributed by atoms with E-state index in [1.54, 1.807) is 12.1 Å². The van der Waals surface area contributed by atoms with Crippen molar-refractivity contribution < 1.29 is 10.0 Å². The van der Waals surface area contributed by atoms with Crippen molar-refractivity contribution in [1.29, 1.82) is 0 Å². The molecule has 19 heavy (non-hydrogen) atoms. The van der Waals surface area contributed by atoms with Gasteiger partial charge in [-0.15, -0.1) is 0 Å². The van der Waals surface area contributed by atoms with Crippen LogP contribution in [0.15, 0.2) is 35.9 Å². The molecule has 0 unspecified atom stereocenters. The van der Waals surface area contributed by atoms with Gasteiger partial charge in [0.15, 0.2) is 0 Å². The van der Waals surface area contributed by atoms with Gasteiger partial charge in [-0.2, -0.15) is 0 Å². The van der Waals surface area contributed by atoms with Crippen molar-refractivity contribution >= 4 is 12.6 Å². The molecular weight excluding hydrogens is 235 g/mol. The molecule has 0 aliphatic rings. The van der Waals surface area contributed by atoms with Gasteiger partial charge in [-0.3, -0.25) is 0 Å². The number of allylic oxidation sites excluding steroid dienone is 2. The quantitative estimate of drug-likeness (QED) is 0.584. The van der Waals surface area contributed by atoms with Crippen molar-refractivity contribution in [3.63, 3.8) is 0 Å². The molecule has 1 aromatic carbocycles. The van der Waals surface area contributed by atoms with Gasteiger partial charge in [-0.05, 0) is 56.5 Å². The average molecular weight is 260 g/mol. The van der Waals surface area contributed by atoms with E-state index >= 15 is 0 Å². The van der Waals surface area contributed by atoms with Crippen LogP contribution < -0.4 is 5.46 Å². The second-order valence-electron chi connectivity index (χ2n) is 5.62. The number of hydrogen-bond acceptors (Lipinski definition) is 2. The molecule has 0 heterocycles. The highest BCUT2D eigenvalue weighted by Crippen LogP contribution is 2.15. The Morgan fingerprint density at radius 2 is 1.79 bits per heavy atom. The van der Waals surface area contributed by atoms with Crippen LogP contribution >= 0.6 is 0 Å². The van der Waals surface area contributed by atoms with Crippen molar-refractivity contribution in [3.05, 3.63) is 41.5 Å². The molecule has 3 heteroatoms. The Hall–Kier alpha value is -1.06. The lowest BCUT2D eigenvalue weighted by Gasteiger charge is -2.10. The molecule has 104 valence electrons. The Bertz CT molecular complexity index is 392. The molecule has 0 spiro atoms. The van der Waals surface area contributed by atoms with Gasteiger partial charge in [0.25, 0.3) is 0 Å². The molecule has 0 amide bonds. The minimum atomic E-state index is -1.36. The van der Waals surface area contributed by atoms with Crippen LogP contribution in [0.2, 0.25) is 0 Å². The third-order valence-corrected chi connectivity index (χ3v) is 3.42. The highest BCUT2D eigenvalue weighted by atomic mass is 16.4. The first kappa shape index (κ1) is 16.0. The maximum atomic E-state index is 9.02. The van der Waals surface area contributed by atoms with Crippen LogP contribution in [0.3, 0.4) is 0 Å². The fourth-order valence-corrected chi connectivity index (χ4v) is 2.07. The fourth-order valence-electron chi connectivity index (χ4n) is 2.07. The summed E-state index contributed by atoms with van der Waals surface area (Å²) in [5.41, 5.74) is 3.21. The van der Waals surface area contributed by atoms with Gasteiger partial charge in [-0.1, -0.05) is 42.8 Å². The van der Waals surface area contributed by atoms with E-state index in [9.17, 15) is 0 Å². The van der Waals surface area contributed by atoms with Gasteiger partial charge in [0.05, 0.1) is 0 Å². The number of rotatable bonds is 7. The third-order valence-electron chi connectivity index (χ3n) is 3.42. The van der Waals surface area contributed by atoms with Crippen molar-refractivity contribution in [3.8, 4) is 0 Å². The van der Waals surface area contributed by atoms with Gasteiger partial charge in [0, 0.05) is 0 Å². The van der Waals surface area contributed by atoms with Gasteiger partial charge >= 0.3 is 7.12 Å². The number of benzene rings is 1. The third kappa shape index (κ3) is 6.60. The van der Waals surface area contributed by atoms with Crippen LogP contribution in [0, 0.1) is 5.92 Å². The molecular formula is C16H25BO2. The Balaban J connectivity index is 2.33. The summed E-state index contributed by atoms with van der Waals surface area (Å²) in [4.78, 5) is 0. The van der Waals surface area contributed by atoms with Crippen LogP contribution in [-0.4, -0.2) is 17.2 Å². The lowest BCUT2D eigenvalue weighted by Crippen LogP contribution is -2.29. The van der Waals surface area contributed by atoms with Crippen LogP contribution in [-0.2, 0) is 6.42 Å². The standard InChI is InChI=1S/C16H25BO2/c1-13(2)5-4-6-14(3)7-8-15-9-11-16(12-10-15)17(18)19/h5,9-12,14,18-19H,4,6-8H2,1-3H3/t14-/m1/s1. The monoisotopic (exact) mass is 260 g/mol. The summed E-state index contributed by atoms with van der Waals surface area (Å²) in [7, 11) is -1.36. The summed E-state index contributed by atoms with van der Waals surface area (Å²) in [6.07, 6.45) is 6.93. The van der Waals surface area contributed by atoms with Crippen LogP contribution in [0.1, 0.15) is 45.6 Å². The van der Waals surface area contributed by atoms with Gasteiger partial charge < -0.3 is 10.0 Å². The largest absolute Gasteiger partial charge is 0.488 e. The topological polar surface area (TPSA) is 40.5 Å². The number of hydrogen-bond donors (Lipinski definition) is 2. The smallest absolute Gasteiger partial charge is 0.423 e. The van der Waals surface area contributed by atoms with E-state index in [1.165, 1.54) is 30.4 Å². The zero-order valence-electron chi connectivity index (χ0n) is 12.3. The highest BCUT2D eigenvalue weighted by molar-refractivity contribution is 6.58. The van der Waals surface area contributed by atoms with E-state index in [0.29, 0.717) is 5.46 Å². The number of aryl methyl sites for hydroxylation is 1. The van der Waals surface area contributed by atoms with E-state index in [-0.39, 0.29) is 0 Å². The van der Waals surface area contributed by atoms with Crippen LogP contribution in [0.4, 0.5) is 0 Å². The Labute approximate surface area is 117 Å². The zero-order chi connectivity index (χ0) is 14.3. The molecule has 0 saturated carbocycles. The molecule has 1 atom stereocenters. The fraction of sp³-hybridized carbons (Fsp3) is 0.500. The van der Waals surface area contributed by atoms with Crippen molar-refractivity contribution in [2.45, 2.75) is 46.5 Å². The first-order valence-corrected chi connectivity index (χ1v) is 7.07. The van der Waals surface area contributed by atoms with Gasteiger partial charge in [0.2, 0.25) is 0 Å². The maximum Gasteiger partial charge on any atom is 0.488 e. The predicted molar refractivity (Wildman–Crippen MR) is 82.4 cm³/mol. The normalized spacial score (nSPS) is 12.1. The molecule has 0 aliphatic carbocycles. The first-order chi connectivity index (χ1) is 8.99. The van der Waals surface area contributed by atoms with Crippen molar-refractivity contribution in [2.24, 2.45) is 5.92 Å². The van der Waals surface area contributed by atoms with Crippen LogP contribution in [0.5, 0.6) is 0 Å². The van der Waals surface area contributed by atoms with E-state index < -0.39 is 7.12 Å². The van der Waals surface area contributed by atoms with Gasteiger partial charge in [-0.25, -0.2) is 0 Å². The second kappa shape index (κ2) is 8.18. The molecule has 2 nitrogen and oxygen atoms in total. The van der Waals surface area contributed by atoms with Crippen molar-refractivity contribution in [2.75, 3.05) is 0 Å². The van der Waals surface area contributed by atoms with E-state index in [0.717, 1.165) is 12.3 Å². The summed E-state index contributed by atoms with van der Waals surface area (Å²) < 4.78 is 0. The van der Waals surface area contributed by atoms with Gasteiger partial charge in [0.1, 0.15) is 0 Å². The summed E-state index contributed by atoms with van der Waals surface area (Å²) >= 11 is 0. The lowest BCUT2D eigenvalue weighted by atomic mass is 9.80. The van der Waals surface area contributed by atoms with E-state index in [4.69, 9.17) is 10.0 Å². The molecule has 1 rings (SSSR count). The summed E-state index contributed by atoms with van der Waals surface area (Å²) in [6.45, 7) is 6.58. The SMILES string of the molecule is CC(C)=CCC[C@@H](C)CCc1ccc(B(O)O)cc1. The Kier molecular flexibility index (Phi) is 6.89. The lowest BCUT2D eigenvalue weighted by molar-refractivity contribution is 0.426. The summed E-state index contributed by atoms with van der Waals surface area (Å²) in [5.74, 6) is 0.721. The van der Waals surface area contributed by atoms with E-state index in [2.05, 4.69) is 26.8 Å². The summed E-state index contributed by atoms with van der Waals surface area (Å²) in [5, 5.41) is 18.0. The molecule has 1 aromatic rings. The molecule has 0 saturated heterocycles. The zero-order valence-corrected chi connectivity index (χ0v) is 12.3. The molecule has 0 aromatic heterocycles. The molecule has 0 aliphatic heterocycles. The first-order valence-electron chi connectivity index (χ1n) is 7.07. The molecule has 2 N–H and O–H groups in total. The minimum absolute atomic E-state index is 0.556. The maximum absolute atomic E-state index is 9.02.